The zero-order valence-corrected chi connectivity index (χ0v) is 77.4. The van der Waals surface area contributed by atoms with Crippen molar-refractivity contribution in [2.24, 2.45) is 0 Å². The molecule has 45 heteroatoms. The Hall–Kier alpha value is -16.7. The van der Waals surface area contributed by atoms with Gasteiger partial charge in [0, 0.05) is 27.6 Å². The minimum atomic E-state index is -6.28. The second-order valence-corrected chi connectivity index (χ2v) is 35.4. The van der Waals surface area contributed by atoms with E-state index in [1.165, 1.54) is 105 Å². The minimum absolute atomic E-state index is 0.0188. The van der Waals surface area contributed by atoms with Gasteiger partial charge >= 0.3 is 37.1 Å². The summed E-state index contributed by atoms with van der Waals surface area (Å²) in [6.07, 6.45) is -36.0. The molecule has 17 nitrogen and oxygen atoms in total. The van der Waals surface area contributed by atoms with Crippen molar-refractivity contribution < 1.29 is 178 Å². The molecule has 15 rings (SSSR count). The summed E-state index contributed by atoms with van der Waals surface area (Å²) < 4.78 is 491. The Morgan fingerprint density at radius 2 is 0.667 bits per heavy atom. The van der Waals surface area contributed by atoms with Gasteiger partial charge in [0.25, 0.3) is 20.2 Å². The van der Waals surface area contributed by atoms with Gasteiger partial charge in [0.2, 0.25) is 45.3 Å². The summed E-state index contributed by atoms with van der Waals surface area (Å²) in [4.78, 5) is 13.2. The lowest BCUT2D eigenvalue weighted by Crippen LogP contribution is -2.54. The smallest absolute Gasteiger partial charge is 0.411 e. The molecule has 772 valence electrons. The number of hydrogen-bond acceptors (Lipinski definition) is 15. The number of benzene rings is 15. The maximum absolute atomic E-state index is 15.4. The van der Waals surface area contributed by atoms with Crippen molar-refractivity contribution in [1.29, 1.82) is 15.8 Å². The molecule has 0 aliphatic carbocycles. The first-order chi connectivity index (χ1) is 70.3. The third kappa shape index (κ3) is 20.1. The Morgan fingerprint density at radius 1 is 0.313 bits per heavy atom. The van der Waals surface area contributed by atoms with E-state index in [-0.39, 0.29) is 126 Å². The Morgan fingerprint density at radius 3 is 1.05 bits per heavy atom. The van der Waals surface area contributed by atoms with Crippen LogP contribution in [-0.2, 0) is 36.5 Å². The molecule has 0 aliphatic heterocycles. The molecule has 0 atom stereocenters. The number of hydrogen-bond donors (Lipinski definition) is 2. The van der Waals surface area contributed by atoms with Crippen molar-refractivity contribution in [3.63, 3.8) is 0 Å². The van der Waals surface area contributed by atoms with Crippen molar-refractivity contribution in [2.45, 2.75) is 76.9 Å². The number of fused-ring (bicyclic) bond motifs is 1. The molecule has 0 saturated heterocycles. The van der Waals surface area contributed by atoms with E-state index < -0.39 is 203 Å². The molecule has 0 radical (unpaired) electrons. The van der Waals surface area contributed by atoms with E-state index in [2.05, 4.69) is 10.8 Å². The lowest BCUT2D eigenvalue weighted by molar-refractivity contribution is -0.290. The quantitative estimate of drug-likeness (QED) is 0.0233. The molecule has 0 heterocycles. The second-order valence-electron chi connectivity index (χ2n) is 32.6. The molecular weight excluding hydrogens is 2090 g/mol. The summed E-state index contributed by atoms with van der Waals surface area (Å²) in [7, 11) is -8.32. The van der Waals surface area contributed by atoms with Crippen molar-refractivity contribution >= 4 is 36.8 Å². The van der Waals surface area contributed by atoms with Crippen LogP contribution in [0.5, 0.6) is 69.0 Å². The monoisotopic (exact) mass is 2140 g/mol. The van der Waals surface area contributed by atoms with Crippen LogP contribution in [0, 0.1) is 94.4 Å². The highest BCUT2D eigenvalue weighted by molar-refractivity contribution is 7.86. The molecular formula is C105H59F26N3O14S2. The van der Waals surface area contributed by atoms with Crippen LogP contribution in [0.1, 0.15) is 77.1 Å². The third-order valence-corrected chi connectivity index (χ3v) is 25.5. The van der Waals surface area contributed by atoms with Crippen molar-refractivity contribution in [3.8, 4) is 121 Å². The average Bonchev–Trinajstić information content (AvgIpc) is 0.715. The summed E-state index contributed by atoms with van der Waals surface area (Å²) in [6.45, 7) is 3.14. The number of ether oxygens (including phenoxy) is 7. The molecule has 0 aromatic heterocycles. The number of rotatable bonds is 25. The van der Waals surface area contributed by atoms with Crippen molar-refractivity contribution in [3.05, 3.63) is 392 Å². The number of nitrogens with zero attached hydrogens (tertiary/aromatic N) is 3. The molecule has 0 spiro atoms. The number of nitriles is 3. The standard InChI is InChI=1S/C66H34F14N2O11S2.C39H25F12NO3/c1-31-6-3-10-43(47(31)29-81)44-23-13-33(26-46(44)61(83)34-7-4-8-39(24-34)91-40-18-12-32-25-41(94(84,85)86)28-50(45(32)27-40)95(87,88)89)42-9-5-11-49(48(42)30-82)92-37-19-14-35(15-20-37)64(65(75,76)77,66(78,79)80)36-16-21-38(22-17-36)93-63-59(73)55(69)52(56(70)60(63)74)51-53(67)57(71)62(90-2)58(72)54(51)68;1-23-6-8-24(9-7-23)34(36(40,41)42,37(43,44)45)26-12-18-29(19-13-26)54-32-4-3-5-33(31(32)22-52)55-30-20-14-27(15-21-30)35(38(46,47)48,39(49,50)51)25-10-16-28(53-2)17-11-25/h3-28H,1-2H3,(H,84,85,86)(H,87,88,89);3-21H,1-2H3. The molecule has 2 N–H and O–H groups in total. The van der Waals surface area contributed by atoms with E-state index >= 15 is 43.9 Å². The third-order valence-electron chi connectivity index (χ3n) is 23.8. The molecule has 0 aliphatic rings. The summed E-state index contributed by atoms with van der Waals surface area (Å²) in [5, 5.41) is 30.5. The highest BCUT2D eigenvalue weighted by Crippen LogP contribution is 2.61. The zero-order chi connectivity index (χ0) is 110. The number of carbonyl (C=O) groups is 1. The van der Waals surface area contributed by atoms with E-state index in [0.717, 1.165) is 72.8 Å². The van der Waals surface area contributed by atoms with Gasteiger partial charge in [0.1, 0.15) is 91.7 Å². The van der Waals surface area contributed by atoms with Gasteiger partial charge in [-0.2, -0.15) is 129 Å². The molecule has 150 heavy (non-hydrogen) atoms. The van der Waals surface area contributed by atoms with Crippen molar-refractivity contribution in [1.82, 2.24) is 0 Å². The van der Waals surface area contributed by atoms with Crippen LogP contribution in [0.25, 0.3) is 44.2 Å². The van der Waals surface area contributed by atoms with Crippen LogP contribution >= 0.6 is 0 Å². The second kappa shape index (κ2) is 40.8. The van der Waals surface area contributed by atoms with Crippen LogP contribution < -0.4 is 33.2 Å². The number of aryl methyl sites for hydroxylation is 2. The Balaban J connectivity index is 0.000000273. The first kappa shape index (κ1) is 109. The first-order valence-electron chi connectivity index (χ1n) is 42.4. The fourth-order valence-electron chi connectivity index (χ4n) is 16.7. The van der Waals surface area contributed by atoms with E-state index in [4.69, 9.17) is 28.4 Å². The fourth-order valence-corrected chi connectivity index (χ4v) is 18.1. The predicted octanol–water partition coefficient (Wildman–Crippen LogP) is 29.8. The summed E-state index contributed by atoms with van der Waals surface area (Å²) >= 11 is 0. The van der Waals surface area contributed by atoms with Gasteiger partial charge in [-0.15, -0.1) is 0 Å². The Kier molecular flexibility index (Phi) is 29.7. The van der Waals surface area contributed by atoms with Crippen LogP contribution in [0.15, 0.2) is 283 Å². The van der Waals surface area contributed by atoms with E-state index in [0.29, 0.717) is 90.5 Å². The molecule has 0 unspecified atom stereocenters. The SMILES string of the molecule is COc1c(F)c(F)c(-c2c(F)c(F)c(Oc3ccc(C(c4ccc(Oc5cccc(-c6ccc(-c7cccc(C)c7C#N)c(C(=O)c7cccc(Oc8ccc9cc(S(=O)(=O)O)cc(S(=O)(=O)O)c9c8)c7)c6)c5C#N)cc4)(C(F)(F)F)C(F)(F)F)cc3)c(F)c2F)c(F)c1F.COc1ccc(C(c2ccc(Oc3cccc(Oc4ccc(C(c5ccc(C)cc5)(C(F)(F)F)C(F)(F)F)cc4)c3C#N)cc2)(C(F)(F)F)C(F)(F)F)cc1. The predicted molar refractivity (Wildman–Crippen MR) is 483 cm³/mol. The number of alkyl halides is 18. The first-order valence-corrected chi connectivity index (χ1v) is 45.2. The molecule has 15 aromatic rings. The maximum Gasteiger partial charge on any atom is 0.411 e. The van der Waals surface area contributed by atoms with Gasteiger partial charge < -0.3 is 33.2 Å². The normalized spacial score (nSPS) is 12.4. The molecule has 0 bridgehead atoms. The maximum atomic E-state index is 15.4. The van der Waals surface area contributed by atoms with Gasteiger partial charge in [-0.3, -0.25) is 13.9 Å². The number of halogens is 26. The average molecular weight is 2140 g/mol. The van der Waals surface area contributed by atoms with Crippen LogP contribution in [0.3, 0.4) is 0 Å². The van der Waals surface area contributed by atoms with Gasteiger partial charge in [0.15, 0.2) is 34.8 Å². The van der Waals surface area contributed by atoms with Gasteiger partial charge in [-0.1, -0.05) is 157 Å². The summed E-state index contributed by atoms with van der Waals surface area (Å²) in [5.74, 6) is -28.3. The van der Waals surface area contributed by atoms with Gasteiger partial charge in [0.05, 0.1) is 35.8 Å². The van der Waals surface area contributed by atoms with Crippen LogP contribution in [0.2, 0.25) is 0 Å². The lowest BCUT2D eigenvalue weighted by atomic mass is 9.72. The highest BCUT2D eigenvalue weighted by atomic mass is 32.2. The number of ketones is 1. The number of carbonyl (C=O) groups excluding carboxylic acids is 1. The largest absolute Gasteiger partial charge is 0.497 e. The summed E-state index contributed by atoms with van der Waals surface area (Å²) in [5.41, 5.74) is -25.1. The van der Waals surface area contributed by atoms with Gasteiger partial charge in [-0.05, 0) is 191 Å². The molecule has 0 fully saturated rings. The Bertz CT molecular complexity index is 8100. The van der Waals surface area contributed by atoms with E-state index in [1.807, 2.05) is 6.07 Å². The lowest BCUT2D eigenvalue weighted by Gasteiger charge is -2.38. The van der Waals surface area contributed by atoms with E-state index in [1.54, 1.807) is 31.2 Å². The minimum Gasteiger partial charge on any atom is -0.497 e. The van der Waals surface area contributed by atoms with Gasteiger partial charge in [-0.25, -0.2) is 17.6 Å². The number of methoxy groups -OCH3 is 2. The fraction of sp³-hybridized carbons (Fsp3) is 0.124. The van der Waals surface area contributed by atoms with E-state index in [9.17, 15) is 117 Å². The highest BCUT2D eigenvalue weighted by Gasteiger charge is 2.75. The molecule has 0 saturated carbocycles. The molecule has 15 aromatic carbocycles. The van der Waals surface area contributed by atoms with Crippen LogP contribution in [-0.4, -0.2) is 83.0 Å². The molecule has 0 amide bonds. The Labute approximate surface area is 830 Å². The van der Waals surface area contributed by atoms with Crippen LogP contribution in [0.4, 0.5) is 114 Å². The van der Waals surface area contributed by atoms with Crippen molar-refractivity contribution in [2.75, 3.05) is 14.2 Å². The summed E-state index contributed by atoms with van der Waals surface area (Å²) in [6, 6.07) is 48.8. The zero-order valence-electron chi connectivity index (χ0n) is 75.8. The topological polar surface area (TPSA) is 262 Å².